The number of thioether (sulfide) groups is 1. The van der Waals surface area contributed by atoms with E-state index in [9.17, 15) is 19.5 Å². The summed E-state index contributed by atoms with van der Waals surface area (Å²) >= 11 is 1.09. The molecule has 1 fully saturated rings. The van der Waals surface area contributed by atoms with Crippen molar-refractivity contribution in [2.45, 2.75) is 23.5 Å². The fraction of sp³-hybridized carbons (Fsp3) is 0.167. The van der Waals surface area contributed by atoms with Gasteiger partial charge in [0.2, 0.25) is 11.8 Å². The lowest BCUT2D eigenvalue weighted by atomic mass is 10.2. The molecule has 0 unspecified atom stereocenters. The number of rotatable bonds is 4. The largest absolute Gasteiger partial charge is 0.545 e. The number of hydrogen-bond acceptors (Lipinski definition) is 5. The van der Waals surface area contributed by atoms with Crippen LogP contribution in [0, 0.1) is 6.92 Å². The van der Waals surface area contributed by atoms with Crippen molar-refractivity contribution in [3.63, 3.8) is 0 Å². The number of hydrogen-bond donors (Lipinski definition) is 0. The molecule has 0 saturated carbocycles. The molecule has 2 aromatic rings. The fourth-order valence-electron chi connectivity index (χ4n) is 2.63. The van der Waals surface area contributed by atoms with Gasteiger partial charge >= 0.3 is 0 Å². The Morgan fingerprint density at radius 2 is 1.92 bits per heavy atom. The Morgan fingerprint density at radius 1 is 1.17 bits per heavy atom. The first-order chi connectivity index (χ1) is 11.5. The summed E-state index contributed by atoms with van der Waals surface area (Å²) in [7, 11) is 0. The molecule has 1 saturated heterocycles. The first-order valence-corrected chi connectivity index (χ1v) is 8.26. The quantitative estimate of drug-likeness (QED) is 0.793. The zero-order valence-corrected chi connectivity index (χ0v) is 13.7. The van der Waals surface area contributed by atoms with Gasteiger partial charge in [0.25, 0.3) is 0 Å². The van der Waals surface area contributed by atoms with Gasteiger partial charge in [-0.3, -0.25) is 9.59 Å². The highest BCUT2D eigenvalue weighted by Gasteiger charge is 2.40. The molecule has 0 aromatic heterocycles. The summed E-state index contributed by atoms with van der Waals surface area (Å²) in [5.74, 6) is -1.91. The molecule has 6 heteroatoms. The lowest BCUT2D eigenvalue weighted by molar-refractivity contribution is -0.255. The molecule has 2 amide bonds. The summed E-state index contributed by atoms with van der Waals surface area (Å²) in [6.07, 6.45) is 0.0405. The van der Waals surface area contributed by atoms with Gasteiger partial charge in [-0.15, -0.1) is 11.8 Å². The minimum atomic E-state index is -1.30. The Bertz CT molecular complexity index is 833. The Morgan fingerprint density at radius 3 is 2.62 bits per heavy atom. The number of carbonyl (C=O) groups excluding carboxylic acids is 3. The van der Waals surface area contributed by atoms with Crippen molar-refractivity contribution in [3.05, 3.63) is 59.7 Å². The second kappa shape index (κ2) is 6.49. The number of anilines is 1. The molecule has 3 rings (SSSR count). The third kappa shape index (κ3) is 3.05. The van der Waals surface area contributed by atoms with Crippen LogP contribution in [0.5, 0.6) is 0 Å². The zero-order valence-electron chi connectivity index (χ0n) is 12.9. The van der Waals surface area contributed by atoms with Crippen LogP contribution in [-0.4, -0.2) is 23.0 Å². The second-order valence-electron chi connectivity index (χ2n) is 5.50. The highest BCUT2D eigenvalue weighted by molar-refractivity contribution is 8.00. The predicted molar refractivity (Wildman–Crippen MR) is 88.7 cm³/mol. The molecular weight excluding hydrogens is 326 g/mol. The summed E-state index contributed by atoms with van der Waals surface area (Å²) in [5, 5.41) is 10.5. The number of carboxylic acids is 1. The number of carbonyl (C=O) groups is 3. The van der Waals surface area contributed by atoms with Gasteiger partial charge in [-0.05, 0) is 30.7 Å². The summed E-state index contributed by atoms with van der Waals surface area (Å²) in [6.45, 7) is 1.89. The topological polar surface area (TPSA) is 77.5 Å². The molecule has 1 heterocycles. The van der Waals surface area contributed by atoms with E-state index in [0.29, 0.717) is 10.6 Å². The maximum Gasteiger partial charge on any atom is 0.247 e. The molecule has 0 N–H and O–H groups in total. The van der Waals surface area contributed by atoms with Gasteiger partial charge in [0, 0.05) is 16.9 Å². The Balaban J connectivity index is 1.86. The van der Waals surface area contributed by atoms with Crippen molar-refractivity contribution < 1.29 is 19.5 Å². The van der Waals surface area contributed by atoms with E-state index in [1.54, 1.807) is 36.4 Å². The van der Waals surface area contributed by atoms with Crippen molar-refractivity contribution >= 4 is 35.2 Å². The van der Waals surface area contributed by atoms with Crippen LogP contribution >= 0.6 is 11.8 Å². The maximum atomic E-state index is 12.6. The van der Waals surface area contributed by atoms with E-state index >= 15 is 0 Å². The van der Waals surface area contributed by atoms with Gasteiger partial charge in [0.15, 0.2) is 0 Å². The molecule has 1 atom stereocenters. The van der Waals surface area contributed by atoms with Crippen LogP contribution in [0.4, 0.5) is 5.69 Å². The van der Waals surface area contributed by atoms with Crippen LogP contribution in [0.25, 0.3) is 0 Å². The molecule has 0 radical (unpaired) electrons. The highest BCUT2D eigenvalue weighted by Crippen LogP contribution is 2.35. The minimum absolute atomic E-state index is 0.0248. The van der Waals surface area contributed by atoms with E-state index in [0.717, 1.165) is 17.3 Å². The van der Waals surface area contributed by atoms with E-state index in [2.05, 4.69) is 0 Å². The number of carboxylic acid groups (broad SMARTS) is 1. The van der Waals surface area contributed by atoms with Gasteiger partial charge < -0.3 is 9.90 Å². The predicted octanol–water partition coefficient (Wildman–Crippen LogP) is 1.78. The third-order valence-electron chi connectivity index (χ3n) is 3.74. The van der Waals surface area contributed by atoms with Crippen LogP contribution in [0.3, 0.4) is 0 Å². The normalized spacial score (nSPS) is 17.4. The first-order valence-electron chi connectivity index (χ1n) is 7.38. The smallest absolute Gasteiger partial charge is 0.247 e. The zero-order chi connectivity index (χ0) is 17.3. The van der Waals surface area contributed by atoms with Gasteiger partial charge in [-0.1, -0.05) is 30.3 Å². The molecule has 5 nitrogen and oxygen atoms in total. The number of amides is 2. The molecule has 1 aliphatic rings. The molecule has 0 bridgehead atoms. The van der Waals surface area contributed by atoms with Gasteiger partial charge in [-0.25, -0.2) is 4.90 Å². The van der Waals surface area contributed by atoms with Crippen LogP contribution in [0.2, 0.25) is 0 Å². The lowest BCUT2D eigenvalue weighted by Crippen LogP contribution is -2.31. The van der Waals surface area contributed by atoms with Crippen molar-refractivity contribution in [2.24, 2.45) is 0 Å². The molecule has 0 aliphatic carbocycles. The van der Waals surface area contributed by atoms with Crippen molar-refractivity contribution in [3.8, 4) is 0 Å². The molecule has 1 aliphatic heterocycles. The van der Waals surface area contributed by atoms with Crippen molar-refractivity contribution in [2.75, 3.05) is 4.90 Å². The van der Waals surface area contributed by atoms with E-state index in [-0.39, 0.29) is 23.8 Å². The summed E-state index contributed by atoms with van der Waals surface area (Å²) in [5.41, 5.74) is 1.52. The van der Waals surface area contributed by atoms with Crippen LogP contribution < -0.4 is 10.0 Å². The minimum Gasteiger partial charge on any atom is -0.545 e. The molecule has 122 valence electrons. The Labute approximate surface area is 143 Å². The standard InChI is InChI=1S/C18H15NO4S/c1-11-5-4-6-12(9-11)19-16(20)10-15(17(19)21)24-14-8-3-2-7-13(14)18(22)23/h2-9,15H,10H2,1H3,(H,22,23)/p-1/t15-/m1/s1. The number of aromatic carboxylic acids is 1. The molecule has 24 heavy (non-hydrogen) atoms. The Kier molecular flexibility index (Phi) is 4.40. The van der Waals surface area contributed by atoms with Gasteiger partial charge in [0.05, 0.1) is 16.9 Å². The van der Waals surface area contributed by atoms with E-state index in [1.165, 1.54) is 11.0 Å². The summed E-state index contributed by atoms with van der Waals surface area (Å²) in [4.78, 5) is 37.7. The summed E-state index contributed by atoms with van der Waals surface area (Å²) < 4.78 is 0. The third-order valence-corrected chi connectivity index (χ3v) is 5.00. The summed E-state index contributed by atoms with van der Waals surface area (Å²) in [6, 6.07) is 13.5. The monoisotopic (exact) mass is 340 g/mol. The number of aryl methyl sites for hydroxylation is 1. The number of imide groups is 1. The van der Waals surface area contributed by atoms with Gasteiger partial charge in [-0.2, -0.15) is 0 Å². The van der Waals surface area contributed by atoms with Crippen molar-refractivity contribution in [1.29, 1.82) is 0 Å². The van der Waals surface area contributed by atoms with Crippen LogP contribution in [-0.2, 0) is 9.59 Å². The first kappa shape index (κ1) is 16.3. The van der Waals surface area contributed by atoms with Crippen LogP contribution in [0.1, 0.15) is 22.3 Å². The van der Waals surface area contributed by atoms with E-state index in [1.807, 2.05) is 13.0 Å². The van der Waals surface area contributed by atoms with Gasteiger partial charge in [0.1, 0.15) is 0 Å². The van der Waals surface area contributed by atoms with Crippen molar-refractivity contribution in [1.82, 2.24) is 0 Å². The molecular formula is C18H14NO4S-. The number of benzene rings is 2. The second-order valence-corrected chi connectivity index (χ2v) is 6.75. The maximum absolute atomic E-state index is 12.6. The average molecular weight is 340 g/mol. The SMILES string of the molecule is Cc1cccc(N2C(=O)C[C@@H](Sc3ccccc3C(=O)[O-])C2=O)c1. The van der Waals surface area contributed by atoms with E-state index < -0.39 is 11.2 Å². The highest BCUT2D eigenvalue weighted by atomic mass is 32.2. The number of nitrogens with zero attached hydrogens (tertiary/aromatic N) is 1. The molecule has 0 spiro atoms. The molecule has 2 aromatic carbocycles. The van der Waals surface area contributed by atoms with Crippen LogP contribution in [0.15, 0.2) is 53.4 Å². The fourth-order valence-corrected chi connectivity index (χ4v) is 3.80. The van der Waals surface area contributed by atoms with E-state index in [4.69, 9.17) is 0 Å². The average Bonchev–Trinajstić information content (AvgIpc) is 2.81. The lowest BCUT2D eigenvalue weighted by Gasteiger charge is -2.16. The Hall–Kier alpha value is -2.60.